The molecule has 5 rings (SSSR count). The molecular formula is C19H17N3O3. The average Bonchev–Trinajstić information content (AvgIpc) is 3.22. The number of carbonyl (C=O) groups excluding carboxylic acids is 1. The average molecular weight is 335 g/mol. The van der Waals surface area contributed by atoms with Crippen molar-refractivity contribution in [1.82, 2.24) is 15.1 Å². The second kappa shape index (κ2) is 5.51. The van der Waals surface area contributed by atoms with Gasteiger partial charge in [0.2, 0.25) is 0 Å². The maximum Gasteiger partial charge on any atom is 0.410 e. The molecule has 3 heterocycles. The summed E-state index contributed by atoms with van der Waals surface area (Å²) in [6, 6.07) is 14.0. The van der Waals surface area contributed by atoms with E-state index in [1.165, 1.54) is 0 Å². The SMILES string of the molecule is O=C1OC2CN1CCCOc1ccc3[nH]nc(c3c1)-c1cccc2c1. The van der Waals surface area contributed by atoms with E-state index in [-0.39, 0.29) is 12.2 Å². The molecule has 3 aromatic rings. The standard InChI is InChI=1S/C19H17N3O3/c23-19-22-7-2-8-24-14-5-6-16-15(10-14)18(21-20-16)13-4-1-3-12(9-13)17(11-22)25-19/h1,3-6,9-10,17H,2,7-8,11H2,(H,20,21). The Morgan fingerprint density at radius 3 is 3.12 bits per heavy atom. The number of aromatic amines is 1. The van der Waals surface area contributed by atoms with E-state index in [0.29, 0.717) is 19.7 Å². The van der Waals surface area contributed by atoms with E-state index in [2.05, 4.69) is 16.3 Å². The first-order valence-corrected chi connectivity index (χ1v) is 8.45. The topological polar surface area (TPSA) is 67.4 Å². The van der Waals surface area contributed by atoms with Crippen LogP contribution in [-0.2, 0) is 4.74 Å². The van der Waals surface area contributed by atoms with Crippen LogP contribution in [0.2, 0.25) is 0 Å². The van der Waals surface area contributed by atoms with Gasteiger partial charge in [-0.3, -0.25) is 5.10 Å². The Balaban J connectivity index is 1.66. The minimum absolute atomic E-state index is 0.239. The van der Waals surface area contributed by atoms with Gasteiger partial charge in [0, 0.05) is 17.5 Å². The fraction of sp³-hybridized carbons (Fsp3) is 0.263. The third-order valence-corrected chi connectivity index (χ3v) is 4.79. The third-order valence-electron chi connectivity index (χ3n) is 4.79. The number of ether oxygens (including phenoxy) is 2. The highest BCUT2D eigenvalue weighted by molar-refractivity contribution is 5.93. The lowest BCUT2D eigenvalue weighted by molar-refractivity contribution is 0.132. The van der Waals surface area contributed by atoms with Gasteiger partial charge in [0.1, 0.15) is 17.5 Å². The van der Waals surface area contributed by atoms with Gasteiger partial charge in [-0.2, -0.15) is 5.10 Å². The molecule has 6 nitrogen and oxygen atoms in total. The molecule has 25 heavy (non-hydrogen) atoms. The van der Waals surface area contributed by atoms with Crippen LogP contribution in [0.15, 0.2) is 42.5 Å². The van der Waals surface area contributed by atoms with Gasteiger partial charge in [-0.15, -0.1) is 0 Å². The van der Waals surface area contributed by atoms with Gasteiger partial charge in [-0.25, -0.2) is 4.79 Å². The monoisotopic (exact) mass is 335 g/mol. The summed E-state index contributed by atoms with van der Waals surface area (Å²) in [6.07, 6.45) is 0.267. The van der Waals surface area contributed by atoms with Crippen molar-refractivity contribution in [2.45, 2.75) is 12.5 Å². The van der Waals surface area contributed by atoms with E-state index in [4.69, 9.17) is 9.47 Å². The Hall–Kier alpha value is -3.02. The molecule has 6 heteroatoms. The summed E-state index contributed by atoms with van der Waals surface area (Å²) < 4.78 is 11.4. The predicted octanol–water partition coefficient (Wildman–Crippen LogP) is 3.51. The second-order valence-electron chi connectivity index (χ2n) is 6.43. The largest absolute Gasteiger partial charge is 0.494 e. The summed E-state index contributed by atoms with van der Waals surface area (Å²) in [5.41, 5.74) is 3.83. The van der Waals surface area contributed by atoms with Gasteiger partial charge in [-0.1, -0.05) is 18.2 Å². The van der Waals surface area contributed by atoms with Crippen LogP contribution < -0.4 is 4.74 Å². The number of amides is 1. The summed E-state index contributed by atoms with van der Waals surface area (Å²) in [5.74, 6) is 0.810. The molecule has 0 radical (unpaired) electrons. The molecule has 2 aromatic carbocycles. The highest BCUT2D eigenvalue weighted by Gasteiger charge is 2.32. The third kappa shape index (κ3) is 2.41. The van der Waals surface area contributed by atoms with Gasteiger partial charge in [0.25, 0.3) is 0 Å². The maximum atomic E-state index is 12.1. The Morgan fingerprint density at radius 1 is 1.20 bits per heavy atom. The Kier molecular flexibility index (Phi) is 3.16. The van der Waals surface area contributed by atoms with Gasteiger partial charge in [0.15, 0.2) is 0 Å². The van der Waals surface area contributed by atoms with Gasteiger partial charge < -0.3 is 14.4 Å². The molecule has 1 saturated heterocycles. The van der Waals surface area contributed by atoms with Crippen molar-refractivity contribution in [3.63, 3.8) is 0 Å². The van der Waals surface area contributed by atoms with E-state index < -0.39 is 0 Å². The van der Waals surface area contributed by atoms with Crippen LogP contribution in [0.3, 0.4) is 0 Å². The number of hydrogen-bond acceptors (Lipinski definition) is 4. The molecule has 1 aromatic heterocycles. The molecule has 0 aliphatic carbocycles. The van der Waals surface area contributed by atoms with Crippen LogP contribution >= 0.6 is 0 Å². The zero-order valence-corrected chi connectivity index (χ0v) is 13.6. The number of rotatable bonds is 0. The number of carbonyl (C=O) groups is 1. The molecule has 2 aliphatic rings. The summed E-state index contributed by atoms with van der Waals surface area (Å²) in [6.45, 7) is 1.76. The normalized spacial score (nSPS) is 19.6. The van der Waals surface area contributed by atoms with Crippen LogP contribution in [0.4, 0.5) is 4.79 Å². The predicted molar refractivity (Wildman–Crippen MR) is 92.4 cm³/mol. The Morgan fingerprint density at radius 2 is 2.16 bits per heavy atom. The lowest BCUT2D eigenvalue weighted by Crippen LogP contribution is -2.26. The summed E-state index contributed by atoms with van der Waals surface area (Å²) in [7, 11) is 0. The number of aromatic nitrogens is 2. The maximum absolute atomic E-state index is 12.1. The number of hydrogen-bond donors (Lipinski definition) is 1. The first-order valence-electron chi connectivity index (χ1n) is 8.45. The molecule has 1 amide bonds. The van der Waals surface area contributed by atoms with Crippen molar-refractivity contribution in [3.8, 4) is 17.0 Å². The molecule has 6 bridgehead atoms. The van der Waals surface area contributed by atoms with Gasteiger partial charge in [-0.05, 0) is 36.2 Å². The van der Waals surface area contributed by atoms with Crippen molar-refractivity contribution >= 4 is 17.0 Å². The van der Waals surface area contributed by atoms with Crippen molar-refractivity contribution in [3.05, 3.63) is 48.0 Å². The van der Waals surface area contributed by atoms with Crippen molar-refractivity contribution in [2.24, 2.45) is 0 Å². The lowest BCUT2D eigenvalue weighted by Gasteiger charge is -2.14. The van der Waals surface area contributed by atoms with Crippen molar-refractivity contribution in [2.75, 3.05) is 19.7 Å². The van der Waals surface area contributed by atoms with E-state index >= 15 is 0 Å². The zero-order chi connectivity index (χ0) is 16.8. The molecule has 1 atom stereocenters. The van der Waals surface area contributed by atoms with E-state index in [1.807, 2.05) is 36.4 Å². The molecule has 126 valence electrons. The Bertz CT molecular complexity index is 965. The van der Waals surface area contributed by atoms with Crippen LogP contribution in [0.25, 0.3) is 22.2 Å². The molecule has 0 spiro atoms. The fourth-order valence-corrected chi connectivity index (χ4v) is 3.50. The quantitative estimate of drug-likeness (QED) is 0.683. The first kappa shape index (κ1) is 14.3. The highest BCUT2D eigenvalue weighted by atomic mass is 16.6. The first-order chi connectivity index (χ1) is 12.3. The number of nitrogens with zero attached hydrogens (tertiary/aromatic N) is 2. The molecule has 2 aliphatic heterocycles. The minimum Gasteiger partial charge on any atom is -0.494 e. The molecule has 1 unspecified atom stereocenters. The smallest absolute Gasteiger partial charge is 0.410 e. The van der Waals surface area contributed by atoms with Crippen LogP contribution in [0.5, 0.6) is 5.75 Å². The Labute approximate surface area is 144 Å². The highest BCUT2D eigenvalue weighted by Crippen LogP contribution is 2.33. The summed E-state index contributed by atoms with van der Waals surface area (Å²) in [4.78, 5) is 13.8. The van der Waals surface area contributed by atoms with Crippen molar-refractivity contribution in [1.29, 1.82) is 0 Å². The number of fused-ring (bicyclic) bond motifs is 7. The second-order valence-corrected chi connectivity index (χ2v) is 6.43. The number of benzene rings is 2. The van der Waals surface area contributed by atoms with Crippen molar-refractivity contribution < 1.29 is 14.3 Å². The van der Waals surface area contributed by atoms with E-state index in [0.717, 1.165) is 39.9 Å². The molecular weight excluding hydrogens is 318 g/mol. The van der Waals surface area contributed by atoms with Gasteiger partial charge >= 0.3 is 6.09 Å². The minimum atomic E-state index is -0.256. The van der Waals surface area contributed by atoms with Crippen LogP contribution in [0.1, 0.15) is 18.1 Å². The molecule has 1 N–H and O–H groups in total. The van der Waals surface area contributed by atoms with Crippen LogP contribution in [-0.4, -0.2) is 40.9 Å². The van der Waals surface area contributed by atoms with Gasteiger partial charge in [0.05, 0.1) is 18.7 Å². The lowest BCUT2D eigenvalue weighted by atomic mass is 10.0. The van der Waals surface area contributed by atoms with E-state index in [9.17, 15) is 4.79 Å². The number of nitrogens with one attached hydrogen (secondary N) is 1. The van der Waals surface area contributed by atoms with E-state index in [1.54, 1.807) is 4.90 Å². The number of H-pyrrole nitrogens is 1. The summed E-state index contributed by atoms with van der Waals surface area (Å²) >= 11 is 0. The zero-order valence-electron chi connectivity index (χ0n) is 13.6. The summed E-state index contributed by atoms with van der Waals surface area (Å²) in [5, 5.41) is 8.58. The fourth-order valence-electron chi connectivity index (χ4n) is 3.50. The molecule has 0 saturated carbocycles. The molecule has 1 fully saturated rings. The van der Waals surface area contributed by atoms with Crippen LogP contribution in [0, 0.1) is 0 Å².